The van der Waals surface area contributed by atoms with Crippen molar-refractivity contribution in [2.75, 3.05) is 5.32 Å². The third-order valence-electron chi connectivity index (χ3n) is 1.97. The molecular formula is C11H17N3. The van der Waals surface area contributed by atoms with Crippen molar-refractivity contribution >= 4 is 5.69 Å². The summed E-state index contributed by atoms with van der Waals surface area (Å²) in [7, 11) is 0. The Kier molecular flexibility index (Phi) is 3.98. The summed E-state index contributed by atoms with van der Waals surface area (Å²) >= 11 is 0. The fourth-order valence-electron chi connectivity index (χ4n) is 1.10. The Bertz CT molecular complexity index is 318. The Morgan fingerprint density at radius 1 is 1.64 bits per heavy atom. The number of aryl methyl sites for hydroxylation is 1. The summed E-state index contributed by atoms with van der Waals surface area (Å²) in [4.78, 5) is 4.03. The van der Waals surface area contributed by atoms with Crippen molar-refractivity contribution in [2.45, 2.75) is 26.7 Å². The van der Waals surface area contributed by atoms with E-state index in [1.54, 1.807) is 12.4 Å². The molecule has 0 aliphatic rings. The van der Waals surface area contributed by atoms with Crippen LogP contribution in [0.25, 0.3) is 0 Å². The number of nitrogens with two attached hydrogens (primary N) is 1. The lowest BCUT2D eigenvalue weighted by Crippen LogP contribution is -2.09. The van der Waals surface area contributed by atoms with Gasteiger partial charge < -0.3 is 11.1 Å². The van der Waals surface area contributed by atoms with Crippen LogP contribution < -0.4 is 11.1 Å². The molecule has 1 rings (SSSR count). The monoisotopic (exact) mass is 191 g/mol. The zero-order valence-corrected chi connectivity index (χ0v) is 8.75. The zero-order chi connectivity index (χ0) is 10.4. The molecule has 0 aliphatic heterocycles. The third kappa shape index (κ3) is 3.09. The Labute approximate surface area is 85.0 Å². The molecule has 0 amide bonds. The minimum atomic E-state index is 0.697. The van der Waals surface area contributed by atoms with Crippen molar-refractivity contribution in [1.82, 2.24) is 4.98 Å². The van der Waals surface area contributed by atoms with Gasteiger partial charge in [-0.15, -0.1) is 0 Å². The Morgan fingerprint density at radius 2 is 2.43 bits per heavy atom. The minimum absolute atomic E-state index is 0.697. The molecule has 0 aliphatic carbocycles. The first-order valence-corrected chi connectivity index (χ1v) is 4.87. The fourth-order valence-corrected chi connectivity index (χ4v) is 1.10. The number of nitrogens with one attached hydrogen (secondary N) is 1. The van der Waals surface area contributed by atoms with Crippen LogP contribution in [0.1, 0.15) is 25.3 Å². The lowest BCUT2D eigenvalue weighted by molar-refractivity contribution is 0.946. The van der Waals surface area contributed by atoms with E-state index < -0.39 is 0 Å². The van der Waals surface area contributed by atoms with Crippen LogP contribution in [-0.4, -0.2) is 4.98 Å². The number of unbranched alkanes of at least 4 members (excludes halogenated alkanes) is 1. The largest absolute Gasteiger partial charge is 0.386 e. The first-order chi connectivity index (χ1) is 6.74. The highest BCUT2D eigenvalue weighted by Crippen LogP contribution is 2.12. The molecule has 3 N–H and O–H groups in total. The predicted octanol–water partition coefficient (Wildman–Crippen LogP) is 2.40. The summed E-state index contributed by atoms with van der Waals surface area (Å²) < 4.78 is 0. The van der Waals surface area contributed by atoms with Crippen LogP contribution in [0, 0.1) is 6.92 Å². The summed E-state index contributed by atoms with van der Waals surface area (Å²) in [5.41, 5.74) is 7.90. The van der Waals surface area contributed by atoms with Gasteiger partial charge in [-0.25, -0.2) is 0 Å². The fraction of sp³-hybridized carbons (Fsp3) is 0.364. The van der Waals surface area contributed by atoms with Gasteiger partial charge in [0.2, 0.25) is 0 Å². The smallest absolute Gasteiger partial charge is 0.0964 e. The summed E-state index contributed by atoms with van der Waals surface area (Å²) in [6.07, 6.45) is 7.65. The van der Waals surface area contributed by atoms with E-state index in [0.717, 1.165) is 24.1 Å². The summed E-state index contributed by atoms with van der Waals surface area (Å²) in [5.74, 6) is 0.697. The lowest BCUT2D eigenvalue weighted by atomic mass is 10.2. The molecule has 0 saturated carbocycles. The number of allylic oxidation sites excluding steroid dienone is 1. The van der Waals surface area contributed by atoms with Crippen LogP contribution in [-0.2, 0) is 0 Å². The van der Waals surface area contributed by atoms with E-state index in [0.29, 0.717) is 5.82 Å². The topological polar surface area (TPSA) is 50.9 Å². The molecule has 14 heavy (non-hydrogen) atoms. The third-order valence-corrected chi connectivity index (χ3v) is 1.97. The molecule has 3 heteroatoms. The van der Waals surface area contributed by atoms with Gasteiger partial charge in [-0.2, -0.15) is 0 Å². The summed E-state index contributed by atoms with van der Waals surface area (Å²) in [6, 6.07) is 1.95. The van der Waals surface area contributed by atoms with Crippen molar-refractivity contribution < 1.29 is 0 Å². The Balaban J connectivity index is 2.64. The van der Waals surface area contributed by atoms with Gasteiger partial charge in [-0.1, -0.05) is 13.3 Å². The van der Waals surface area contributed by atoms with Crippen molar-refractivity contribution in [3.63, 3.8) is 0 Å². The number of hydrogen-bond donors (Lipinski definition) is 2. The minimum Gasteiger partial charge on any atom is -0.386 e. The van der Waals surface area contributed by atoms with E-state index in [2.05, 4.69) is 17.2 Å². The van der Waals surface area contributed by atoms with Crippen LogP contribution in [0.5, 0.6) is 0 Å². The average molecular weight is 191 g/mol. The van der Waals surface area contributed by atoms with Crippen molar-refractivity contribution in [3.8, 4) is 0 Å². The molecule has 1 heterocycles. The van der Waals surface area contributed by atoms with Crippen LogP contribution in [0.2, 0.25) is 0 Å². The number of anilines is 1. The van der Waals surface area contributed by atoms with E-state index in [1.807, 2.05) is 19.1 Å². The second-order valence-electron chi connectivity index (χ2n) is 3.26. The molecule has 1 aromatic heterocycles. The molecule has 0 radical (unpaired) electrons. The van der Waals surface area contributed by atoms with Gasteiger partial charge in [0.05, 0.1) is 17.7 Å². The number of pyridine rings is 1. The summed E-state index contributed by atoms with van der Waals surface area (Å²) in [5, 5.41) is 3.12. The number of aromatic nitrogens is 1. The van der Waals surface area contributed by atoms with Crippen molar-refractivity contribution in [2.24, 2.45) is 5.73 Å². The predicted molar refractivity (Wildman–Crippen MR) is 59.8 cm³/mol. The van der Waals surface area contributed by atoms with Gasteiger partial charge in [0.25, 0.3) is 0 Å². The molecule has 0 fully saturated rings. The number of nitrogens with zero attached hydrogens (tertiary/aromatic N) is 1. The molecule has 76 valence electrons. The lowest BCUT2D eigenvalue weighted by Gasteiger charge is -2.08. The first-order valence-electron chi connectivity index (χ1n) is 4.87. The van der Waals surface area contributed by atoms with Gasteiger partial charge in [0, 0.05) is 6.20 Å². The highest BCUT2D eigenvalue weighted by molar-refractivity contribution is 5.51. The van der Waals surface area contributed by atoms with Gasteiger partial charge in [0.15, 0.2) is 0 Å². The first kappa shape index (κ1) is 10.6. The molecule has 0 aromatic carbocycles. The highest BCUT2D eigenvalue weighted by atomic mass is 15.0. The molecule has 1 aromatic rings. The average Bonchev–Trinajstić information content (AvgIpc) is 2.18. The van der Waals surface area contributed by atoms with Gasteiger partial charge in [-0.3, -0.25) is 4.98 Å². The maximum Gasteiger partial charge on any atom is 0.0964 e. The van der Waals surface area contributed by atoms with Crippen molar-refractivity contribution in [3.05, 3.63) is 35.9 Å². The number of rotatable bonds is 4. The van der Waals surface area contributed by atoms with Crippen LogP contribution in [0.4, 0.5) is 5.69 Å². The quantitative estimate of drug-likeness (QED) is 0.768. The molecule has 0 spiro atoms. The highest BCUT2D eigenvalue weighted by Gasteiger charge is 1.96. The second kappa shape index (κ2) is 5.27. The number of hydrogen-bond acceptors (Lipinski definition) is 3. The molecule has 0 saturated heterocycles. The van der Waals surface area contributed by atoms with Crippen LogP contribution in [0.15, 0.2) is 30.4 Å². The molecule has 3 nitrogen and oxygen atoms in total. The van der Waals surface area contributed by atoms with E-state index in [9.17, 15) is 0 Å². The summed E-state index contributed by atoms with van der Waals surface area (Å²) in [6.45, 7) is 4.15. The standard InChI is InChI=1S/C11H17N3/c1-3-4-5-11(12)14-10-8-13-7-6-9(10)2/h5-8,14H,3-4,12H2,1-2H3/b11-5+. The molecule has 0 unspecified atom stereocenters. The van der Waals surface area contributed by atoms with E-state index in [4.69, 9.17) is 5.73 Å². The van der Waals surface area contributed by atoms with Gasteiger partial charge in [0.1, 0.15) is 0 Å². The maximum atomic E-state index is 5.78. The Hall–Kier alpha value is -1.51. The molecule has 0 atom stereocenters. The van der Waals surface area contributed by atoms with Crippen molar-refractivity contribution in [1.29, 1.82) is 0 Å². The SMILES string of the molecule is CCC/C=C(\N)Nc1cnccc1C. The molecular weight excluding hydrogens is 174 g/mol. The van der Waals surface area contributed by atoms with E-state index in [1.165, 1.54) is 0 Å². The maximum absolute atomic E-state index is 5.78. The van der Waals surface area contributed by atoms with Crippen LogP contribution in [0.3, 0.4) is 0 Å². The second-order valence-corrected chi connectivity index (χ2v) is 3.26. The normalized spacial score (nSPS) is 11.4. The van der Waals surface area contributed by atoms with E-state index in [-0.39, 0.29) is 0 Å². The Morgan fingerprint density at radius 3 is 3.07 bits per heavy atom. The van der Waals surface area contributed by atoms with E-state index >= 15 is 0 Å². The molecule has 0 bridgehead atoms. The van der Waals surface area contributed by atoms with Gasteiger partial charge >= 0.3 is 0 Å². The van der Waals surface area contributed by atoms with Gasteiger partial charge in [-0.05, 0) is 31.1 Å². The zero-order valence-electron chi connectivity index (χ0n) is 8.75. The van der Waals surface area contributed by atoms with Crippen LogP contribution >= 0.6 is 0 Å².